The third kappa shape index (κ3) is 1.96. The quantitative estimate of drug-likeness (QED) is 0.705. The van der Waals surface area contributed by atoms with Crippen molar-refractivity contribution in [3.8, 4) is 0 Å². The van der Waals surface area contributed by atoms with Crippen LogP contribution in [0.2, 0.25) is 0 Å². The first kappa shape index (κ1) is 15.1. The lowest BCUT2D eigenvalue weighted by molar-refractivity contribution is -0.179. The molecule has 24 heavy (non-hydrogen) atoms. The highest BCUT2D eigenvalue weighted by Gasteiger charge is 2.63. The molecule has 132 valence electrons. The maximum Gasteiger partial charge on any atom is 0.326 e. The molecule has 4 bridgehead atoms. The summed E-state index contributed by atoms with van der Waals surface area (Å²) in [5.41, 5.74) is 5.52. The average Bonchev–Trinajstić information content (AvgIpc) is 3.13. The summed E-state index contributed by atoms with van der Waals surface area (Å²) in [6.45, 7) is 0. The van der Waals surface area contributed by atoms with Gasteiger partial charge in [-0.2, -0.15) is 0 Å². The zero-order valence-corrected chi connectivity index (χ0v) is 13.9. The fourth-order valence-electron chi connectivity index (χ4n) is 7.06. The summed E-state index contributed by atoms with van der Waals surface area (Å²) in [4.78, 5) is 26.3. The number of carbonyl (C=O) groups excluding carboxylic acids is 1. The lowest BCUT2D eigenvalue weighted by Gasteiger charge is -2.61. The molecule has 0 aromatic carbocycles. The van der Waals surface area contributed by atoms with Crippen molar-refractivity contribution in [2.45, 2.75) is 75.1 Å². The van der Waals surface area contributed by atoms with Gasteiger partial charge < -0.3 is 20.8 Å². The van der Waals surface area contributed by atoms with E-state index in [1.54, 1.807) is 4.90 Å². The van der Waals surface area contributed by atoms with Crippen LogP contribution in [0.3, 0.4) is 0 Å². The molecule has 1 heterocycles. The first-order valence-electron chi connectivity index (χ1n) is 9.33. The number of aliphatic carboxylic acids is 1. The summed E-state index contributed by atoms with van der Waals surface area (Å²) >= 11 is 0. The van der Waals surface area contributed by atoms with Gasteiger partial charge in [-0.05, 0) is 74.5 Å². The Morgan fingerprint density at radius 1 is 1.08 bits per heavy atom. The number of aliphatic hydroxyl groups is 1. The number of nitrogens with two attached hydrogens (primary N) is 1. The van der Waals surface area contributed by atoms with Crippen LogP contribution in [0.1, 0.15) is 51.4 Å². The van der Waals surface area contributed by atoms with E-state index in [0.717, 1.165) is 38.5 Å². The van der Waals surface area contributed by atoms with Gasteiger partial charge in [0.25, 0.3) is 0 Å². The summed E-state index contributed by atoms with van der Waals surface area (Å²) in [7, 11) is 0. The molecule has 0 aromatic rings. The molecule has 1 saturated heterocycles. The number of amides is 1. The standard InChI is InChI=1S/C18H26N2O4/c19-14(15(21)20-12-2-11(12)3-13(20)16(22)23)17-4-9-1-10(5-17)7-18(24,6-9)8-17/h9-14,24H,1-8,19H2,(H,22,23)/t9-,10+,11-,12-,13-,14+,17?,18?/m0/s1. The summed E-state index contributed by atoms with van der Waals surface area (Å²) in [6, 6.07) is -1.29. The number of carboxylic acid groups (broad SMARTS) is 1. The van der Waals surface area contributed by atoms with Gasteiger partial charge in [-0.3, -0.25) is 4.79 Å². The van der Waals surface area contributed by atoms with E-state index in [4.69, 9.17) is 5.73 Å². The number of nitrogens with zero attached hydrogens (tertiary/aromatic N) is 1. The van der Waals surface area contributed by atoms with Crippen molar-refractivity contribution in [1.29, 1.82) is 0 Å². The lowest BCUT2D eigenvalue weighted by atomic mass is 9.46. The van der Waals surface area contributed by atoms with E-state index in [-0.39, 0.29) is 17.4 Å². The summed E-state index contributed by atoms with van der Waals surface area (Å²) in [5.74, 6) is 0.197. The lowest BCUT2D eigenvalue weighted by Crippen LogP contribution is -2.65. The van der Waals surface area contributed by atoms with Gasteiger partial charge in [0.05, 0.1) is 11.6 Å². The van der Waals surface area contributed by atoms with Crippen LogP contribution < -0.4 is 5.73 Å². The number of piperidine rings is 1. The fourth-order valence-corrected chi connectivity index (χ4v) is 7.06. The Hall–Kier alpha value is -1.14. The van der Waals surface area contributed by atoms with Gasteiger partial charge in [-0.15, -0.1) is 0 Å². The SMILES string of the molecule is N[C@H](C(=O)N1[C@H](C(=O)O)C[C@@H]2C[C@@H]21)C12C[C@@H]3C[C@@H](CC(O)(C3)C1)C2. The molecular formula is C18H26N2O4. The molecule has 1 aliphatic heterocycles. The van der Waals surface area contributed by atoms with Crippen LogP contribution in [0.15, 0.2) is 0 Å². The van der Waals surface area contributed by atoms with Crippen molar-refractivity contribution < 1.29 is 19.8 Å². The molecule has 6 fully saturated rings. The van der Waals surface area contributed by atoms with E-state index in [0.29, 0.717) is 30.6 Å². The largest absolute Gasteiger partial charge is 0.480 e. The van der Waals surface area contributed by atoms with Crippen LogP contribution in [0, 0.1) is 23.2 Å². The molecule has 8 atom stereocenters. The molecule has 4 N–H and O–H groups in total. The number of carboxylic acids is 1. The zero-order valence-electron chi connectivity index (χ0n) is 13.9. The molecule has 0 radical (unpaired) electrons. The summed E-state index contributed by atoms with van der Waals surface area (Å²) in [5, 5.41) is 20.3. The highest BCUT2D eigenvalue weighted by Crippen LogP contribution is 2.63. The smallest absolute Gasteiger partial charge is 0.326 e. The molecule has 0 spiro atoms. The van der Waals surface area contributed by atoms with Crippen LogP contribution in [0.25, 0.3) is 0 Å². The number of fused-ring (bicyclic) bond motifs is 1. The second-order valence-corrected chi connectivity index (χ2v) is 9.42. The Kier molecular flexibility index (Phi) is 2.85. The van der Waals surface area contributed by atoms with Gasteiger partial charge in [-0.25, -0.2) is 4.79 Å². The van der Waals surface area contributed by atoms with E-state index in [9.17, 15) is 19.8 Å². The topological polar surface area (TPSA) is 104 Å². The molecule has 1 amide bonds. The normalized spacial score (nSPS) is 52.2. The Morgan fingerprint density at radius 3 is 2.33 bits per heavy atom. The maximum absolute atomic E-state index is 13.2. The van der Waals surface area contributed by atoms with E-state index in [2.05, 4.69) is 0 Å². The van der Waals surface area contributed by atoms with Gasteiger partial charge in [0.2, 0.25) is 5.91 Å². The second-order valence-electron chi connectivity index (χ2n) is 9.42. The van der Waals surface area contributed by atoms with Crippen LogP contribution >= 0.6 is 0 Å². The predicted octanol–water partition coefficient (Wildman–Crippen LogP) is 0.719. The Balaban J connectivity index is 1.43. The van der Waals surface area contributed by atoms with E-state index >= 15 is 0 Å². The van der Waals surface area contributed by atoms with Crippen LogP contribution in [0.4, 0.5) is 0 Å². The van der Waals surface area contributed by atoms with Crippen molar-refractivity contribution in [2.24, 2.45) is 28.9 Å². The fraction of sp³-hybridized carbons (Fsp3) is 0.889. The van der Waals surface area contributed by atoms with Crippen molar-refractivity contribution in [3.05, 3.63) is 0 Å². The van der Waals surface area contributed by atoms with Gasteiger partial charge >= 0.3 is 5.97 Å². The summed E-state index contributed by atoms with van der Waals surface area (Å²) < 4.78 is 0. The predicted molar refractivity (Wildman–Crippen MR) is 84.8 cm³/mol. The number of hydrogen-bond acceptors (Lipinski definition) is 4. The van der Waals surface area contributed by atoms with Gasteiger partial charge in [-0.1, -0.05) is 0 Å². The second kappa shape index (κ2) is 4.52. The number of rotatable bonds is 3. The van der Waals surface area contributed by atoms with Crippen molar-refractivity contribution in [1.82, 2.24) is 4.90 Å². The monoisotopic (exact) mass is 334 g/mol. The third-order valence-corrected chi connectivity index (χ3v) is 7.65. The Morgan fingerprint density at radius 2 is 1.75 bits per heavy atom. The highest BCUT2D eigenvalue weighted by molar-refractivity contribution is 5.89. The van der Waals surface area contributed by atoms with E-state index < -0.39 is 23.7 Å². The minimum absolute atomic E-state index is 0.0849. The maximum atomic E-state index is 13.2. The molecule has 6 nitrogen and oxygen atoms in total. The molecule has 0 aromatic heterocycles. The average molecular weight is 334 g/mol. The van der Waals surface area contributed by atoms with Gasteiger partial charge in [0, 0.05) is 6.04 Å². The molecule has 2 unspecified atom stereocenters. The Labute approximate surface area is 141 Å². The van der Waals surface area contributed by atoms with Crippen molar-refractivity contribution in [3.63, 3.8) is 0 Å². The third-order valence-electron chi connectivity index (χ3n) is 7.65. The number of carbonyl (C=O) groups is 2. The van der Waals surface area contributed by atoms with Gasteiger partial charge in [0.15, 0.2) is 0 Å². The molecule has 5 saturated carbocycles. The number of likely N-dealkylation sites (tertiary alicyclic amines) is 1. The van der Waals surface area contributed by atoms with E-state index in [1.807, 2.05) is 0 Å². The van der Waals surface area contributed by atoms with Crippen LogP contribution in [-0.2, 0) is 9.59 Å². The molecule has 6 heteroatoms. The Bertz CT molecular complexity index is 606. The van der Waals surface area contributed by atoms with Crippen molar-refractivity contribution in [2.75, 3.05) is 0 Å². The zero-order chi connectivity index (χ0) is 16.9. The highest BCUT2D eigenvalue weighted by atomic mass is 16.4. The van der Waals surface area contributed by atoms with Crippen LogP contribution in [0.5, 0.6) is 0 Å². The van der Waals surface area contributed by atoms with Gasteiger partial charge in [0.1, 0.15) is 6.04 Å². The van der Waals surface area contributed by atoms with Crippen LogP contribution in [-0.4, -0.2) is 50.7 Å². The first-order chi connectivity index (χ1) is 11.3. The van der Waals surface area contributed by atoms with E-state index in [1.165, 1.54) is 0 Å². The first-order valence-corrected chi connectivity index (χ1v) is 9.33. The molecule has 5 aliphatic carbocycles. The van der Waals surface area contributed by atoms with Crippen molar-refractivity contribution >= 4 is 11.9 Å². The minimum Gasteiger partial charge on any atom is -0.480 e. The number of hydrogen-bond donors (Lipinski definition) is 3. The summed E-state index contributed by atoms with van der Waals surface area (Å²) in [6.07, 6.45) is 6.77. The molecule has 6 rings (SSSR count). The minimum atomic E-state index is -0.910. The molecule has 6 aliphatic rings. The molecular weight excluding hydrogens is 308 g/mol.